The molecule has 2 aromatic rings. The van der Waals surface area contributed by atoms with Crippen LogP contribution < -0.4 is 10.6 Å². The van der Waals surface area contributed by atoms with Gasteiger partial charge in [0.15, 0.2) is 17.3 Å². The van der Waals surface area contributed by atoms with E-state index in [2.05, 4.69) is 20.8 Å². The number of halogens is 3. The van der Waals surface area contributed by atoms with E-state index in [-0.39, 0.29) is 18.0 Å². The van der Waals surface area contributed by atoms with E-state index in [0.717, 1.165) is 30.3 Å². The van der Waals surface area contributed by atoms with E-state index in [1.165, 1.54) is 12.1 Å². The second-order valence-electron chi connectivity index (χ2n) is 5.29. The molecule has 8 heteroatoms. The molecule has 0 spiro atoms. The van der Waals surface area contributed by atoms with Gasteiger partial charge in [-0.3, -0.25) is 9.89 Å². The van der Waals surface area contributed by atoms with Gasteiger partial charge in [0.05, 0.1) is 6.04 Å². The molecule has 1 aliphatic rings. The molecule has 23 heavy (non-hydrogen) atoms. The monoisotopic (exact) mass is 342 g/mol. The van der Waals surface area contributed by atoms with Crippen LogP contribution in [0.15, 0.2) is 18.2 Å². The van der Waals surface area contributed by atoms with E-state index in [9.17, 15) is 13.6 Å². The Bertz CT molecular complexity index is 719. The molecule has 0 bridgehead atoms. The van der Waals surface area contributed by atoms with Gasteiger partial charge in [0, 0.05) is 36.3 Å². The summed E-state index contributed by atoms with van der Waals surface area (Å²) in [5.41, 5.74) is 2.17. The zero-order valence-corrected chi connectivity index (χ0v) is 13.3. The summed E-state index contributed by atoms with van der Waals surface area (Å²) in [5.74, 6) is -2.28. The molecule has 0 fully saturated rings. The zero-order chi connectivity index (χ0) is 15.7. The molecule has 0 aliphatic carbocycles. The van der Waals surface area contributed by atoms with Gasteiger partial charge >= 0.3 is 0 Å². The van der Waals surface area contributed by atoms with Gasteiger partial charge in [0.25, 0.3) is 5.91 Å². The van der Waals surface area contributed by atoms with Crippen molar-refractivity contribution in [2.24, 2.45) is 0 Å². The Labute approximate surface area is 138 Å². The lowest BCUT2D eigenvalue weighted by atomic mass is 10.1. The van der Waals surface area contributed by atoms with Crippen LogP contribution >= 0.6 is 12.4 Å². The van der Waals surface area contributed by atoms with E-state index >= 15 is 0 Å². The maximum atomic E-state index is 13.8. The van der Waals surface area contributed by atoms with Gasteiger partial charge in [0.2, 0.25) is 0 Å². The molecule has 2 heterocycles. The third kappa shape index (κ3) is 3.35. The Morgan fingerprint density at radius 3 is 2.96 bits per heavy atom. The quantitative estimate of drug-likeness (QED) is 0.801. The highest BCUT2D eigenvalue weighted by atomic mass is 35.5. The lowest BCUT2D eigenvalue weighted by Gasteiger charge is -2.16. The van der Waals surface area contributed by atoms with Crippen LogP contribution in [0.1, 0.15) is 40.3 Å². The molecule has 0 saturated heterocycles. The minimum Gasteiger partial charge on any atom is -0.344 e. The van der Waals surface area contributed by atoms with E-state index in [0.29, 0.717) is 12.2 Å². The van der Waals surface area contributed by atoms with E-state index in [1.54, 1.807) is 6.92 Å². The van der Waals surface area contributed by atoms with E-state index in [4.69, 9.17) is 0 Å². The predicted octanol–water partition coefficient (Wildman–Crippen LogP) is 2.25. The Kier molecular flexibility index (Phi) is 5.33. The third-order valence-corrected chi connectivity index (χ3v) is 3.82. The molecule has 0 radical (unpaired) electrons. The van der Waals surface area contributed by atoms with Gasteiger partial charge < -0.3 is 10.6 Å². The smallest absolute Gasteiger partial charge is 0.272 e. The normalized spacial score (nSPS) is 14.6. The highest BCUT2D eigenvalue weighted by Gasteiger charge is 2.23. The number of carbonyl (C=O) groups excluding carboxylic acids is 1. The van der Waals surface area contributed by atoms with Crippen molar-refractivity contribution in [2.45, 2.75) is 25.9 Å². The van der Waals surface area contributed by atoms with Crippen LogP contribution in [-0.2, 0) is 13.0 Å². The van der Waals surface area contributed by atoms with Crippen LogP contribution in [0.25, 0.3) is 0 Å². The fraction of sp³-hybridized carbons (Fsp3) is 0.333. The second-order valence-corrected chi connectivity index (χ2v) is 5.29. The summed E-state index contributed by atoms with van der Waals surface area (Å²) >= 11 is 0. The van der Waals surface area contributed by atoms with Crippen molar-refractivity contribution in [1.29, 1.82) is 0 Å². The predicted molar refractivity (Wildman–Crippen MR) is 83.5 cm³/mol. The Morgan fingerprint density at radius 1 is 1.39 bits per heavy atom. The number of nitrogens with zero attached hydrogens (tertiary/aromatic N) is 1. The van der Waals surface area contributed by atoms with E-state index in [1.807, 2.05) is 0 Å². The summed E-state index contributed by atoms with van der Waals surface area (Å²) in [5, 5.41) is 12.7. The fourth-order valence-electron chi connectivity index (χ4n) is 2.61. The first-order valence-electron chi connectivity index (χ1n) is 7.09. The van der Waals surface area contributed by atoms with Crippen molar-refractivity contribution in [3.63, 3.8) is 0 Å². The van der Waals surface area contributed by atoms with Gasteiger partial charge in [-0.25, -0.2) is 8.78 Å². The van der Waals surface area contributed by atoms with Crippen molar-refractivity contribution in [2.75, 3.05) is 6.54 Å². The minimum atomic E-state index is -0.943. The van der Waals surface area contributed by atoms with Crippen molar-refractivity contribution >= 4 is 18.3 Å². The molecule has 0 saturated carbocycles. The van der Waals surface area contributed by atoms with Crippen LogP contribution in [-0.4, -0.2) is 22.6 Å². The first-order chi connectivity index (χ1) is 10.6. The van der Waals surface area contributed by atoms with E-state index < -0.39 is 23.6 Å². The molecule has 1 unspecified atom stereocenters. The van der Waals surface area contributed by atoms with Crippen LogP contribution in [0.2, 0.25) is 0 Å². The molecular formula is C15H17ClF2N4O. The van der Waals surface area contributed by atoms with Gasteiger partial charge in [-0.2, -0.15) is 5.10 Å². The number of aromatic amines is 1. The Hall–Kier alpha value is -1.99. The highest BCUT2D eigenvalue weighted by Crippen LogP contribution is 2.20. The number of nitrogens with one attached hydrogen (secondary N) is 3. The summed E-state index contributed by atoms with van der Waals surface area (Å²) in [4.78, 5) is 12.3. The van der Waals surface area contributed by atoms with Crippen LogP contribution in [0.5, 0.6) is 0 Å². The first kappa shape index (κ1) is 17.4. The summed E-state index contributed by atoms with van der Waals surface area (Å²) < 4.78 is 27.0. The summed E-state index contributed by atoms with van der Waals surface area (Å²) in [6.45, 7) is 3.01. The average Bonchev–Trinajstić information content (AvgIpc) is 2.94. The molecular weight excluding hydrogens is 326 g/mol. The maximum Gasteiger partial charge on any atom is 0.272 e. The Morgan fingerprint density at radius 2 is 2.17 bits per heavy atom. The fourth-order valence-corrected chi connectivity index (χ4v) is 2.61. The van der Waals surface area contributed by atoms with Gasteiger partial charge in [-0.15, -0.1) is 12.4 Å². The number of benzene rings is 1. The molecule has 3 N–H and O–H groups in total. The van der Waals surface area contributed by atoms with Crippen LogP contribution in [0, 0.1) is 11.6 Å². The lowest BCUT2D eigenvalue weighted by molar-refractivity contribution is 0.0933. The number of fused-ring (bicyclic) bond motifs is 1. The number of hydrogen-bond acceptors (Lipinski definition) is 3. The zero-order valence-electron chi connectivity index (χ0n) is 12.5. The number of aromatic nitrogens is 2. The van der Waals surface area contributed by atoms with Gasteiger partial charge in [-0.05, 0) is 13.0 Å². The number of rotatable bonds is 3. The number of amides is 1. The summed E-state index contributed by atoms with van der Waals surface area (Å²) in [7, 11) is 0. The van der Waals surface area contributed by atoms with Crippen molar-refractivity contribution in [3.05, 3.63) is 52.3 Å². The van der Waals surface area contributed by atoms with Gasteiger partial charge in [0.1, 0.15) is 0 Å². The van der Waals surface area contributed by atoms with Crippen LogP contribution in [0.3, 0.4) is 0 Å². The molecule has 1 atom stereocenters. The van der Waals surface area contributed by atoms with Crippen molar-refractivity contribution < 1.29 is 13.6 Å². The second kappa shape index (κ2) is 7.06. The first-order valence-corrected chi connectivity index (χ1v) is 7.09. The molecule has 124 valence electrons. The molecule has 1 aromatic carbocycles. The van der Waals surface area contributed by atoms with Crippen molar-refractivity contribution in [1.82, 2.24) is 20.8 Å². The van der Waals surface area contributed by atoms with Crippen molar-refractivity contribution in [3.8, 4) is 0 Å². The standard InChI is InChI=1S/C15H16F2N4O.ClH/c1-8(9-3-2-4-11(16)13(9)17)19-15(22)14-10-7-18-6-5-12(10)20-21-14;/h2-4,8,18H,5-7H2,1H3,(H,19,22)(H,20,21);1H. The number of hydrogen-bond donors (Lipinski definition) is 3. The molecule has 1 aromatic heterocycles. The largest absolute Gasteiger partial charge is 0.344 e. The molecule has 5 nitrogen and oxygen atoms in total. The summed E-state index contributed by atoms with van der Waals surface area (Å²) in [6.07, 6.45) is 0.781. The highest BCUT2D eigenvalue weighted by molar-refractivity contribution is 5.94. The Balaban J connectivity index is 0.00000192. The SMILES string of the molecule is CC(NC(=O)c1n[nH]c2c1CNCC2)c1cccc(F)c1F.Cl. The topological polar surface area (TPSA) is 69.8 Å². The maximum absolute atomic E-state index is 13.8. The number of H-pyrrole nitrogens is 1. The molecule has 3 rings (SSSR count). The van der Waals surface area contributed by atoms with Crippen LogP contribution in [0.4, 0.5) is 8.78 Å². The number of carbonyl (C=O) groups is 1. The average molecular weight is 343 g/mol. The van der Waals surface area contributed by atoms with Gasteiger partial charge in [-0.1, -0.05) is 12.1 Å². The minimum absolute atomic E-state index is 0. The third-order valence-electron chi connectivity index (χ3n) is 3.82. The lowest BCUT2D eigenvalue weighted by Crippen LogP contribution is -2.30. The molecule has 1 amide bonds. The molecule has 1 aliphatic heterocycles. The summed E-state index contributed by atoms with van der Waals surface area (Å²) in [6, 6.07) is 3.25.